The maximum Gasteiger partial charge on any atom is 0.306 e. The van der Waals surface area contributed by atoms with Gasteiger partial charge in [0, 0.05) is 19.0 Å². The third-order valence-corrected chi connectivity index (χ3v) is 6.04. The van der Waals surface area contributed by atoms with Crippen molar-refractivity contribution in [2.75, 3.05) is 6.61 Å². The first-order valence-corrected chi connectivity index (χ1v) is 11.4. The van der Waals surface area contributed by atoms with Gasteiger partial charge in [-0.15, -0.1) is 0 Å². The van der Waals surface area contributed by atoms with Gasteiger partial charge in [0.1, 0.15) is 5.69 Å². The minimum Gasteiger partial charge on any atom is -0.456 e. The summed E-state index contributed by atoms with van der Waals surface area (Å²) in [5.41, 5.74) is 1.74. The number of aromatic nitrogens is 2. The molecule has 0 unspecified atom stereocenters. The molecule has 1 aliphatic carbocycles. The van der Waals surface area contributed by atoms with Crippen LogP contribution in [-0.2, 0) is 27.3 Å². The van der Waals surface area contributed by atoms with E-state index in [4.69, 9.17) is 4.74 Å². The lowest BCUT2D eigenvalue weighted by atomic mass is 9.86. The van der Waals surface area contributed by atoms with Crippen molar-refractivity contribution in [3.05, 3.63) is 40.3 Å². The monoisotopic (exact) mass is 427 g/mol. The van der Waals surface area contributed by atoms with E-state index < -0.39 is 5.97 Å². The van der Waals surface area contributed by atoms with Gasteiger partial charge in [0.2, 0.25) is 0 Å². The van der Waals surface area contributed by atoms with Crippen LogP contribution < -0.4 is 10.9 Å². The average Bonchev–Trinajstić information content (AvgIpc) is 2.77. The number of ether oxygens (including phenoxy) is 1. The SMILES string of the molecule is CCCCn1c(=O)c(CCC(=O)OCC(=O)N[C@H]2CCCC[C@H]2C)nc2ccccc21. The fourth-order valence-corrected chi connectivity index (χ4v) is 4.16. The number of para-hydroxylation sites is 2. The lowest BCUT2D eigenvalue weighted by Crippen LogP contribution is -2.42. The van der Waals surface area contributed by atoms with Crippen molar-refractivity contribution in [1.82, 2.24) is 14.9 Å². The molecule has 0 saturated heterocycles. The highest BCUT2D eigenvalue weighted by atomic mass is 16.5. The molecule has 168 valence electrons. The number of esters is 1. The second-order valence-corrected chi connectivity index (χ2v) is 8.45. The molecule has 2 aromatic rings. The largest absolute Gasteiger partial charge is 0.456 e. The molecule has 7 nitrogen and oxygen atoms in total. The number of nitrogens with one attached hydrogen (secondary N) is 1. The molecular formula is C24H33N3O4. The van der Waals surface area contributed by atoms with Crippen LogP contribution in [0.1, 0.15) is 64.5 Å². The summed E-state index contributed by atoms with van der Waals surface area (Å²) < 4.78 is 6.88. The maximum absolute atomic E-state index is 12.9. The molecule has 7 heteroatoms. The summed E-state index contributed by atoms with van der Waals surface area (Å²) in [5.74, 6) is -0.318. The fourth-order valence-electron chi connectivity index (χ4n) is 4.16. The number of benzene rings is 1. The molecule has 1 aromatic carbocycles. The van der Waals surface area contributed by atoms with Crippen LogP contribution in [0.5, 0.6) is 0 Å². The molecule has 1 heterocycles. The predicted molar refractivity (Wildman–Crippen MR) is 120 cm³/mol. The first-order valence-electron chi connectivity index (χ1n) is 11.4. The number of nitrogens with zero attached hydrogens (tertiary/aromatic N) is 2. The van der Waals surface area contributed by atoms with E-state index in [2.05, 4.69) is 24.1 Å². The number of rotatable bonds is 9. The first-order chi connectivity index (χ1) is 15.0. The predicted octanol–water partition coefficient (Wildman–Crippen LogP) is 3.37. The van der Waals surface area contributed by atoms with Crippen LogP contribution in [0.2, 0.25) is 0 Å². The zero-order valence-corrected chi connectivity index (χ0v) is 18.6. The summed E-state index contributed by atoms with van der Waals surface area (Å²) in [6.45, 7) is 4.56. The van der Waals surface area contributed by atoms with Crippen LogP contribution in [0.15, 0.2) is 29.1 Å². The van der Waals surface area contributed by atoms with Crippen molar-refractivity contribution in [2.45, 2.75) is 77.8 Å². The Kier molecular flexibility index (Phi) is 8.20. The Morgan fingerprint density at radius 1 is 1.23 bits per heavy atom. The van der Waals surface area contributed by atoms with Gasteiger partial charge in [0.25, 0.3) is 11.5 Å². The number of hydrogen-bond donors (Lipinski definition) is 1. The highest BCUT2D eigenvalue weighted by Crippen LogP contribution is 2.23. The molecule has 1 saturated carbocycles. The molecule has 1 aliphatic rings. The summed E-state index contributed by atoms with van der Waals surface area (Å²) in [7, 11) is 0. The summed E-state index contributed by atoms with van der Waals surface area (Å²) >= 11 is 0. The van der Waals surface area contributed by atoms with Crippen molar-refractivity contribution in [3.63, 3.8) is 0 Å². The van der Waals surface area contributed by atoms with Crippen LogP contribution in [0, 0.1) is 5.92 Å². The normalized spacial score (nSPS) is 18.6. The zero-order chi connectivity index (χ0) is 22.2. The van der Waals surface area contributed by atoms with Gasteiger partial charge in [0.05, 0.1) is 17.5 Å². The van der Waals surface area contributed by atoms with Gasteiger partial charge >= 0.3 is 5.97 Å². The molecular weight excluding hydrogens is 394 g/mol. The lowest BCUT2D eigenvalue weighted by Gasteiger charge is -2.29. The van der Waals surface area contributed by atoms with E-state index in [0.29, 0.717) is 18.2 Å². The van der Waals surface area contributed by atoms with Gasteiger partial charge in [-0.05, 0) is 37.3 Å². The highest BCUT2D eigenvalue weighted by molar-refractivity contribution is 5.81. The van der Waals surface area contributed by atoms with E-state index in [9.17, 15) is 14.4 Å². The summed E-state index contributed by atoms with van der Waals surface area (Å²) in [4.78, 5) is 41.7. The molecule has 1 amide bonds. The molecule has 1 N–H and O–H groups in total. The van der Waals surface area contributed by atoms with E-state index in [-0.39, 0.29) is 37.0 Å². The smallest absolute Gasteiger partial charge is 0.306 e. The number of amides is 1. The minimum atomic E-state index is -0.499. The molecule has 0 bridgehead atoms. The molecule has 1 fully saturated rings. The van der Waals surface area contributed by atoms with Gasteiger partial charge in [-0.3, -0.25) is 14.4 Å². The number of fused-ring (bicyclic) bond motifs is 1. The van der Waals surface area contributed by atoms with Crippen LogP contribution in [0.3, 0.4) is 0 Å². The van der Waals surface area contributed by atoms with Crippen LogP contribution in [0.25, 0.3) is 11.0 Å². The zero-order valence-electron chi connectivity index (χ0n) is 18.6. The van der Waals surface area contributed by atoms with Crippen LogP contribution in [-0.4, -0.2) is 34.1 Å². The van der Waals surface area contributed by atoms with E-state index in [1.165, 1.54) is 6.42 Å². The topological polar surface area (TPSA) is 90.3 Å². The lowest BCUT2D eigenvalue weighted by molar-refractivity contribution is -0.148. The number of carbonyl (C=O) groups is 2. The van der Waals surface area contributed by atoms with Crippen molar-refractivity contribution < 1.29 is 14.3 Å². The van der Waals surface area contributed by atoms with Gasteiger partial charge in [0.15, 0.2) is 6.61 Å². The molecule has 1 aromatic heterocycles. The molecule has 2 atom stereocenters. The van der Waals surface area contributed by atoms with Gasteiger partial charge < -0.3 is 14.6 Å². The van der Waals surface area contributed by atoms with Crippen LogP contribution >= 0.6 is 0 Å². The Hall–Kier alpha value is -2.70. The minimum absolute atomic E-state index is 0.0153. The second kappa shape index (κ2) is 11.1. The van der Waals surface area contributed by atoms with Crippen molar-refractivity contribution in [3.8, 4) is 0 Å². The summed E-state index contributed by atoms with van der Waals surface area (Å²) in [5, 5.41) is 2.97. The van der Waals surface area contributed by atoms with E-state index >= 15 is 0 Å². The Morgan fingerprint density at radius 3 is 2.77 bits per heavy atom. The maximum atomic E-state index is 12.9. The first kappa shape index (κ1) is 23.0. The Labute approximate surface area is 183 Å². The third kappa shape index (κ3) is 6.15. The molecule has 3 rings (SSSR count). The number of unbranched alkanes of at least 4 members (excludes halogenated alkanes) is 1. The van der Waals surface area contributed by atoms with E-state index in [0.717, 1.165) is 43.1 Å². The third-order valence-electron chi connectivity index (χ3n) is 6.04. The Balaban J connectivity index is 1.56. The van der Waals surface area contributed by atoms with Crippen molar-refractivity contribution >= 4 is 22.9 Å². The standard InChI is InChI=1S/C24H33N3O4/c1-3-4-15-27-21-12-8-7-11-19(21)25-20(24(27)30)13-14-23(29)31-16-22(28)26-18-10-6-5-9-17(18)2/h7-8,11-12,17-18H,3-6,9-10,13-16H2,1-2H3,(H,26,28)/t17-,18+/m1/s1. The number of carbonyl (C=O) groups excluding carboxylic acids is 2. The van der Waals surface area contributed by atoms with Crippen molar-refractivity contribution in [1.29, 1.82) is 0 Å². The molecule has 0 aliphatic heterocycles. The molecule has 31 heavy (non-hydrogen) atoms. The highest BCUT2D eigenvalue weighted by Gasteiger charge is 2.23. The van der Waals surface area contributed by atoms with Crippen LogP contribution in [0.4, 0.5) is 0 Å². The summed E-state index contributed by atoms with van der Waals surface area (Å²) in [6, 6.07) is 7.69. The Morgan fingerprint density at radius 2 is 2.00 bits per heavy atom. The van der Waals surface area contributed by atoms with Crippen molar-refractivity contribution in [2.24, 2.45) is 5.92 Å². The second-order valence-electron chi connectivity index (χ2n) is 8.45. The van der Waals surface area contributed by atoms with Gasteiger partial charge in [-0.1, -0.05) is 45.2 Å². The van der Waals surface area contributed by atoms with E-state index in [1.807, 2.05) is 24.3 Å². The van der Waals surface area contributed by atoms with Gasteiger partial charge in [-0.2, -0.15) is 0 Å². The molecule has 0 radical (unpaired) electrons. The number of hydrogen-bond acceptors (Lipinski definition) is 5. The van der Waals surface area contributed by atoms with Gasteiger partial charge in [-0.25, -0.2) is 4.98 Å². The summed E-state index contributed by atoms with van der Waals surface area (Å²) in [6.07, 6.45) is 6.47. The Bertz CT molecular complexity index is 969. The quantitative estimate of drug-likeness (QED) is 0.620. The van der Waals surface area contributed by atoms with E-state index in [1.54, 1.807) is 4.57 Å². The fraction of sp³-hybridized carbons (Fsp3) is 0.583. The average molecular weight is 428 g/mol. The number of aryl methyl sites for hydroxylation is 2. The molecule has 0 spiro atoms.